The Kier molecular flexibility index (Phi) is 7.15. The number of para-hydroxylation sites is 1. The van der Waals surface area contributed by atoms with Crippen LogP contribution in [0.2, 0.25) is 0 Å². The topological polar surface area (TPSA) is 75.7 Å². The van der Waals surface area contributed by atoms with Gasteiger partial charge in [-0.1, -0.05) is 25.1 Å². The summed E-state index contributed by atoms with van der Waals surface area (Å²) in [5, 5.41) is 2.87. The van der Waals surface area contributed by atoms with Gasteiger partial charge in [-0.3, -0.25) is 9.10 Å². The summed E-state index contributed by atoms with van der Waals surface area (Å²) in [5.41, 5.74) is 1.05. The number of ether oxygens (including phenoxy) is 1. The lowest BCUT2D eigenvalue weighted by atomic mass is 10.1. The molecule has 0 aliphatic heterocycles. The number of thioether (sulfide) groups is 1. The van der Waals surface area contributed by atoms with Gasteiger partial charge in [-0.15, -0.1) is 11.8 Å². The van der Waals surface area contributed by atoms with Crippen LogP contribution in [0.4, 0.5) is 11.4 Å². The van der Waals surface area contributed by atoms with Gasteiger partial charge in [-0.05, 0) is 36.9 Å². The highest BCUT2D eigenvalue weighted by atomic mass is 32.2. The molecule has 0 radical (unpaired) electrons. The fourth-order valence-corrected chi connectivity index (χ4v) is 4.53. The first kappa shape index (κ1) is 21.1. The maximum atomic E-state index is 13.0. The number of hydrogen-bond donors (Lipinski definition) is 1. The van der Waals surface area contributed by atoms with E-state index in [1.165, 1.54) is 18.9 Å². The van der Waals surface area contributed by atoms with Gasteiger partial charge in [0.2, 0.25) is 15.9 Å². The van der Waals surface area contributed by atoms with E-state index in [4.69, 9.17) is 4.74 Å². The summed E-state index contributed by atoms with van der Waals surface area (Å²) in [7, 11) is -2.19. The fraction of sp³-hybridized carbons (Fsp3) is 0.316. The molecule has 8 heteroatoms. The number of nitrogens with zero attached hydrogens (tertiary/aromatic N) is 1. The molecule has 2 aromatic rings. The van der Waals surface area contributed by atoms with Crippen LogP contribution < -0.4 is 14.4 Å². The quantitative estimate of drug-likeness (QED) is 0.676. The first-order valence-corrected chi connectivity index (χ1v) is 11.5. The lowest BCUT2D eigenvalue weighted by molar-refractivity contribution is -0.117. The Morgan fingerprint density at radius 2 is 1.93 bits per heavy atom. The minimum Gasteiger partial charge on any atom is -0.497 e. The summed E-state index contributed by atoms with van der Waals surface area (Å²) in [6.07, 6.45) is 3.33. The molecule has 1 amide bonds. The number of methoxy groups -OCH3 is 1. The van der Waals surface area contributed by atoms with E-state index in [2.05, 4.69) is 5.32 Å². The first-order valence-electron chi connectivity index (χ1n) is 8.39. The van der Waals surface area contributed by atoms with Crippen molar-refractivity contribution in [3.05, 3.63) is 48.5 Å². The second-order valence-electron chi connectivity index (χ2n) is 5.87. The van der Waals surface area contributed by atoms with Gasteiger partial charge in [-0.25, -0.2) is 8.42 Å². The van der Waals surface area contributed by atoms with Crippen LogP contribution in [-0.4, -0.2) is 40.0 Å². The van der Waals surface area contributed by atoms with Crippen LogP contribution >= 0.6 is 11.8 Å². The zero-order valence-electron chi connectivity index (χ0n) is 15.8. The zero-order valence-corrected chi connectivity index (χ0v) is 17.4. The van der Waals surface area contributed by atoms with Crippen LogP contribution in [-0.2, 0) is 14.8 Å². The molecule has 1 N–H and O–H groups in total. The zero-order chi connectivity index (χ0) is 20.0. The SMILES string of the molecule is CCC(C(=O)Nc1ccccc1SC)N(c1cccc(OC)c1)S(C)(=O)=O. The molecule has 0 aromatic heterocycles. The standard InChI is InChI=1S/C19H24N2O4S2/c1-5-17(19(22)20-16-11-6-7-12-18(16)26-3)21(27(4,23)24)14-9-8-10-15(13-14)25-2/h6-13,17H,5H2,1-4H3,(H,20,22). The molecule has 0 aliphatic carbocycles. The van der Waals surface area contributed by atoms with Crippen molar-refractivity contribution in [1.82, 2.24) is 0 Å². The van der Waals surface area contributed by atoms with Crippen molar-refractivity contribution in [2.45, 2.75) is 24.3 Å². The Bertz CT molecular complexity index is 900. The number of anilines is 2. The van der Waals surface area contributed by atoms with E-state index in [-0.39, 0.29) is 5.91 Å². The van der Waals surface area contributed by atoms with E-state index in [1.807, 2.05) is 24.5 Å². The van der Waals surface area contributed by atoms with Gasteiger partial charge >= 0.3 is 0 Å². The molecule has 27 heavy (non-hydrogen) atoms. The number of hydrogen-bond acceptors (Lipinski definition) is 5. The average Bonchev–Trinajstić information content (AvgIpc) is 2.65. The Morgan fingerprint density at radius 3 is 2.52 bits per heavy atom. The fourth-order valence-electron chi connectivity index (χ4n) is 2.77. The number of carbonyl (C=O) groups excluding carboxylic acids is 1. The smallest absolute Gasteiger partial charge is 0.248 e. The van der Waals surface area contributed by atoms with Crippen molar-refractivity contribution in [2.75, 3.05) is 29.2 Å². The summed E-state index contributed by atoms with van der Waals surface area (Å²) in [4.78, 5) is 13.9. The molecular formula is C19H24N2O4S2. The number of benzene rings is 2. The van der Waals surface area contributed by atoms with E-state index in [0.717, 1.165) is 15.5 Å². The van der Waals surface area contributed by atoms with Crippen LogP contribution in [0, 0.1) is 0 Å². The van der Waals surface area contributed by atoms with Gasteiger partial charge < -0.3 is 10.1 Å². The second kappa shape index (κ2) is 9.14. The molecule has 0 fully saturated rings. The number of amides is 1. The molecule has 0 spiro atoms. The molecule has 1 atom stereocenters. The third kappa shape index (κ3) is 5.17. The van der Waals surface area contributed by atoms with Gasteiger partial charge in [0.25, 0.3) is 0 Å². The largest absolute Gasteiger partial charge is 0.497 e. The molecule has 0 saturated heterocycles. The van der Waals surface area contributed by atoms with Gasteiger partial charge in [0.05, 0.1) is 24.7 Å². The highest BCUT2D eigenvalue weighted by Gasteiger charge is 2.32. The predicted molar refractivity (Wildman–Crippen MR) is 111 cm³/mol. The summed E-state index contributed by atoms with van der Waals surface area (Å²) >= 11 is 1.51. The van der Waals surface area contributed by atoms with Crippen LogP contribution in [0.15, 0.2) is 53.4 Å². The third-order valence-electron chi connectivity index (χ3n) is 4.00. The van der Waals surface area contributed by atoms with Crippen LogP contribution in [0.1, 0.15) is 13.3 Å². The average molecular weight is 409 g/mol. The number of rotatable bonds is 8. The van der Waals surface area contributed by atoms with Crippen molar-refractivity contribution >= 4 is 39.1 Å². The predicted octanol–water partition coefficient (Wildman–Crippen LogP) is 3.60. The van der Waals surface area contributed by atoms with Gasteiger partial charge in [0.1, 0.15) is 11.8 Å². The van der Waals surface area contributed by atoms with Gasteiger partial charge in [-0.2, -0.15) is 0 Å². The number of carbonyl (C=O) groups is 1. The normalized spacial score (nSPS) is 12.3. The van der Waals surface area contributed by atoms with Crippen LogP contribution in [0.3, 0.4) is 0 Å². The molecular weight excluding hydrogens is 384 g/mol. The monoisotopic (exact) mass is 408 g/mol. The molecule has 0 aliphatic rings. The summed E-state index contributed by atoms with van der Waals surface area (Å²) in [6.45, 7) is 1.78. The summed E-state index contributed by atoms with van der Waals surface area (Å²) < 4.78 is 31.4. The second-order valence-corrected chi connectivity index (χ2v) is 8.58. The van der Waals surface area contributed by atoms with Crippen molar-refractivity contribution in [3.63, 3.8) is 0 Å². The molecule has 0 heterocycles. The Hall–Kier alpha value is -2.19. The minimum absolute atomic E-state index is 0.317. The van der Waals surface area contributed by atoms with E-state index in [9.17, 15) is 13.2 Å². The molecule has 0 saturated carbocycles. The first-order chi connectivity index (χ1) is 12.8. The molecule has 2 aromatic carbocycles. The highest BCUT2D eigenvalue weighted by molar-refractivity contribution is 7.98. The van der Waals surface area contributed by atoms with E-state index < -0.39 is 16.1 Å². The van der Waals surface area contributed by atoms with E-state index in [1.54, 1.807) is 37.3 Å². The Labute approximate surface area is 165 Å². The third-order valence-corrected chi connectivity index (χ3v) is 5.98. The lowest BCUT2D eigenvalue weighted by Crippen LogP contribution is -2.47. The maximum absolute atomic E-state index is 13.0. The number of sulfonamides is 1. The van der Waals surface area contributed by atoms with Crippen molar-refractivity contribution in [3.8, 4) is 5.75 Å². The van der Waals surface area contributed by atoms with E-state index >= 15 is 0 Å². The van der Waals surface area contributed by atoms with Crippen LogP contribution in [0.25, 0.3) is 0 Å². The summed E-state index contributed by atoms with van der Waals surface area (Å²) in [5.74, 6) is 0.136. The van der Waals surface area contributed by atoms with Gasteiger partial charge in [0, 0.05) is 11.0 Å². The number of nitrogens with one attached hydrogen (secondary N) is 1. The van der Waals surface area contributed by atoms with Crippen molar-refractivity contribution in [2.24, 2.45) is 0 Å². The molecule has 1 unspecified atom stereocenters. The van der Waals surface area contributed by atoms with Crippen LogP contribution in [0.5, 0.6) is 5.75 Å². The minimum atomic E-state index is -3.70. The summed E-state index contributed by atoms with van der Waals surface area (Å²) in [6, 6.07) is 13.2. The Morgan fingerprint density at radius 1 is 1.22 bits per heavy atom. The molecule has 0 bridgehead atoms. The molecule has 2 rings (SSSR count). The van der Waals surface area contributed by atoms with Gasteiger partial charge in [0.15, 0.2) is 0 Å². The highest BCUT2D eigenvalue weighted by Crippen LogP contribution is 2.28. The Balaban J connectivity index is 2.41. The lowest BCUT2D eigenvalue weighted by Gasteiger charge is -2.30. The molecule has 146 valence electrons. The van der Waals surface area contributed by atoms with Crippen molar-refractivity contribution in [1.29, 1.82) is 0 Å². The van der Waals surface area contributed by atoms with Crippen molar-refractivity contribution < 1.29 is 17.9 Å². The maximum Gasteiger partial charge on any atom is 0.248 e. The molecule has 6 nitrogen and oxygen atoms in total. The van der Waals surface area contributed by atoms with E-state index in [0.29, 0.717) is 23.5 Å².